The maximum absolute atomic E-state index is 12.3. The number of carbonyl (C=O) groups is 1. The summed E-state index contributed by atoms with van der Waals surface area (Å²) >= 11 is 9.33. The fourth-order valence-corrected chi connectivity index (χ4v) is 3.07. The van der Waals surface area contributed by atoms with Gasteiger partial charge in [0, 0.05) is 47.4 Å². The molecule has 1 aliphatic rings. The van der Waals surface area contributed by atoms with Crippen molar-refractivity contribution in [2.75, 3.05) is 31.1 Å². The number of anilines is 1. The molecule has 5 heteroatoms. The topological polar surface area (TPSA) is 23.6 Å². The summed E-state index contributed by atoms with van der Waals surface area (Å²) in [5, 5.41) is 0.741. The molecule has 0 aliphatic carbocycles. The summed E-state index contributed by atoms with van der Waals surface area (Å²) in [6, 6.07) is 15.7. The molecule has 24 heavy (non-hydrogen) atoms. The molecule has 124 valence electrons. The van der Waals surface area contributed by atoms with Gasteiger partial charge in [0.2, 0.25) is 5.91 Å². The summed E-state index contributed by atoms with van der Waals surface area (Å²) in [6.07, 6.45) is 3.52. The number of benzene rings is 2. The Morgan fingerprint density at radius 2 is 1.58 bits per heavy atom. The molecule has 1 heterocycles. The second-order valence-electron chi connectivity index (χ2n) is 5.67. The van der Waals surface area contributed by atoms with Gasteiger partial charge < -0.3 is 9.80 Å². The summed E-state index contributed by atoms with van der Waals surface area (Å²) in [5.41, 5.74) is 2.17. The van der Waals surface area contributed by atoms with Crippen molar-refractivity contribution in [1.82, 2.24) is 4.90 Å². The Balaban J connectivity index is 1.55. The minimum absolute atomic E-state index is 0.0636. The zero-order valence-corrected chi connectivity index (χ0v) is 15.5. The summed E-state index contributed by atoms with van der Waals surface area (Å²) in [4.78, 5) is 16.5. The lowest BCUT2D eigenvalue weighted by Crippen LogP contribution is -2.48. The molecule has 2 aromatic carbocycles. The Morgan fingerprint density at radius 1 is 0.958 bits per heavy atom. The molecule has 0 radical (unpaired) electrons. The Bertz CT molecular complexity index is 720. The first-order valence-corrected chi connectivity index (χ1v) is 9.02. The second kappa shape index (κ2) is 7.86. The van der Waals surface area contributed by atoms with Gasteiger partial charge in [-0.25, -0.2) is 0 Å². The van der Waals surface area contributed by atoms with E-state index < -0.39 is 0 Å². The second-order valence-corrected chi connectivity index (χ2v) is 7.03. The molecule has 3 rings (SSSR count). The Labute approximate surface area is 155 Å². The van der Waals surface area contributed by atoms with Crippen molar-refractivity contribution in [3.63, 3.8) is 0 Å². The van der Waals surface area contributed by atoms with Gasteiger partial charge in [-0.15, -0.1) is 0 Å². The first-order valence-electron chi connectivity index (χ1n) is 7.85. The number of halogens is 2. The van der Waals surface area contributed by atoms with Gasteiger partial charge >= 0.3 is 0 Å². The van der Waals surface area contributed by atoms with Crippen LogP contribution in [0, 0.1) is 0 Å². The van der Waals surface area contributed by atoms with Crippen LogP contribution in [-0.2, 0) is 4.79 Å². The predicted octanol–water partition coefficient (Wildman–Crippen LogP) is 4.46. The van der Waals surface area contributed by atoms with Crippen molar-refractivity contribution in [2.24, 2.45) is 0 Å². The van der Waals surface area contributed by atoms with Gasteiger partial charge in [0.15, 0.2) is 0 Å². The van der Waals surface area contributed by atoms with Gasteiger partial charge in [-0.2, -0.15) is 0 Å². The van der Waals surface area contributed by atoms with Gasteiger partial charge in [0.1, 0.15) is 0 Å². The van der Waals surface area contributed by atoms with E-state index in [-0.39, 0.29) is 5.91 Å². The highest BCUT2D eigenvalue weighted by atomic mass is 79.9. The van der Waals surface area contributed by atoms with Crippen LogP contribution in [0.4, 0.5) is 5.69 Å². The first-order chi connectivity index (χ1) is 11.6. The highest BCUT2D eigenvalue weighted by molar-refractivity contribution is 9.10. The summed E-state index contributed by atoms with van der Waals surface area (Å²) < 4.78 is 1.03. The number of hydrogen-bond donors (Lipinski definition) is 0. The molecule has 2 aromatic rings. The number of nitrogens with zero attached hydrogens (tertiary/aromatic N) is 2. The molecule has 3 nitrogen and oxygen atoms in total. The molecule has 0 bridgehead atoms. The highest BCUT2D eigenvalue weighted by Gasteiger charge is 2.19. The van der Waals surface area contributed by atoms with Crippen molar-refractivity contribution < 1.29 is 4.79 Å². The van der Waals surface area contributed by atoms with Gasteiger partial charge in [0.05, 0.1) is 0 Å². The van der Waals surface area contributed by atoms with Crippen molar-refractivity contribution >= 4 is 45.2 Å². The largest absolute Gasteiger partial charge is 0.368 e. The molecule has 0 saturated carbocycles. The lowest BCUT2D eigenvalue weighted by Gasteiger charge is -2.35. The van der Waals surface area contributed by atoms with E-state index in [1.54, 1.807) is 6.08 Å². The zero-order chi connectivity index (χ0) is 16.9. The van der Waals surface area contributed by atoms with E-state index in [1.165, 1.54) is 0 Å². The van der Waals surface area contributed by atoms with Crippen molar-refractivity contribution in [2.45, 2.75) is 0 Å². The first kappa shape index (κ1) is 17.1. The Morgan fingerprint density at radius 3 is 2.21 bits per heavy atom. The number of piperazine rings is 1. The summed E-state index contributed by atoms with van der Waals surface area (Å²) in [6.45, 7) is 3.12. The van der Waals surface area contributed by atoms with Crippen molar-refractivity contribution in [1.29, 1.82) is 0 Å². The standard InChI is InChI=1S/C19H18BrClN2O/c20-16-4-1-15(2-5-16)3-10-19(24)23-13-11-22(12-14-23)18-8-6-17(21)7-9-18/h1-10H,11-14H2. The van der Waals surface area contributed by atoms with E-state index in [9.17, 15) is 4.79 Å². The molecule has 0 N–H and O–H groups in total. The van der Waals surface area contributed by atoms with Crippen molar-refractivity contribution in [3.8, 4) is 0 Å². The fourth-order valence-electron chi connectivity index (χ4n) is 2.68. The monoisotopic (exact) mass is 404 g/mol. The van der Waals surface area contributed by atoms with Crippen LogP contribution in [0.1, 0.15) is 5.56 Å². The van der Waals surface area contributed by atoms with Crippen LogP contribution in [0.2, 0.25) is 5.02 Å². The molecular formula is C19H18BrClN2O. The lowest BCUT2D eigenvalue weighted by atomic mass is 10.2. The molecular weight excluding hydrogens is 388 g/mol. The van der Waals surface area contributed by atoms with Crippen LogP contribution in [0.5, 0.6) is 0 Å². The third-order valence-electron chi connectivity index (χ3n) is 4.07. The molecule has 0 atom stereocenters. The van der Waals surface area contributed by atoms with E-state index in [0.717, 1.165) is 46.9 Å². The van der Waals surface area contributed by atoms with E-state index in [4.69, 9.17) is 11.6 Å². The lowest BCUT2D eigenvalue weighted by molar-refractivity contribution is -0.126. The van der Waals surface area contributed by atoms with Crippen LogP contribution < -0.4 is 4.90 Å². The van der Waals surface area contributed by atoms with Crippen molar-refractivity contribution in [3.05, 3.63) is 69.7 Å². The summed E-state index contributed by atoms with van der Waals surface area (Å²) in [5.74, 6) is 0.0636. The molecule has 1 fully saturated rings. The maximum Gasteiger partial charge on any atom is 0.246 e. The third-order valence-corrected chi connectivity index (χ3v) is 4.85. The average molecular weight is 406 g/mol. The van der Waals surface area contributed by atoms with Gasteiger partial charge in [0.25, 0.3) is 0 Å². The normalized spacial score (nSPS) is 15.1. The minimum atomic E-state index is 0.0636. The molecule has 1 saturated heterocycles. The number of rotatable bonds is 3. The Kier molecular flexibility index (Phi) is 5.59. The van der Waals surface area contributed by atoms with Gasteiger partial charge in [-0.3, -0.25) is 4.79 Å². The quantitative estimate of drug-likeness (QED) is 0.704. The average Bonchev–Trinajstić information content (AvgIpc) is 2.62. The van der Waals surface area contributed by atoms with E-state index >= 15 is 0 Å². The number of amides is 1. The van der Waals surface area contributed by atoms with E-state index in [0.29, 0.717) is 0 Å². The molecule has 0 unspecified atom stereocenters. The fraction of sp³-hybridized carbons (Fsp3) is 0.211. The molecule has 1 amide bonds. The number of carbonyl (C=O) groups excluding carboxylic acids is 1. The van der Waals surface area contributed by atoms with Crippen LogP contribution in [0.15, 0.2) is 59.1 Å². The van der Waals surface area contributed by atoms with Crippen LogP contribution in [-0.4, -0.2) is 37.0 Å². The number of hydrogen-bond acceptors (Lipinski definition) is 2. The minimum Gasteiger partial charge on any atom is -0.368 e. The third kappa shape index (κ3) is 4.40. The highest BCUT2D eigenvalue weighted by Crippen LogP contribution is 2.19. The molecule has 0 spiro atoms. The van der Waals surface area contributed by atoms with Crippen LogP contribution in [0.25, 0.3) is 6.08 Å². The predicted molar refractivity (Wildman–Crippen MR) is 103 cm³/mol. The van der Waals surface area contributed by atoms with E-state index in [1.807, 2.05) is 59.5 Å². The maximum atomic E-state index is 12.3. The van der Waals surface area contributed by atoms with Gasteiger partial charge in [-0.1, -0.05) is 39.7 Å². The smallest absolute Gasteiger partial charge is 0.246 e. The van der Waals surface area contributed by atoms with Crippen LogP contribution >= 0.6 is 27.5 Å². The molecule has 0 aromatic heterocycles. The SMILES string of the molecule is O=C(C=Cc1ccc(Br)cc1)N1CCN(c2ccc(Cl)cc2)CC1. The summed E-state index contributed by atoms with van der Waals surface area (Å²) in [7, 11) is 0. The zero-order valence-electron chi connectivity index (χ0n) is 13.2. The Hall–Kier alpha value is -1.78. The molecule has 1 aliphatic heterocycles. The van der Waals surface area contributed by atoms with Gasteiger partial charge in [-0.05, 0) is 48.0 Å². The van der Waals surface area contributed by atoms with Crippen LogP contribution in [0.3, 0.4) is 0 Å². The van der Waals surface area contributed by atoms with E-state index in [2.05, 4.69) is 20.8 Å².